The third-order valence-corrected chi connectivity index (χ3v) is 4.63. The van der Waals surface area contributed by atoms with Gasteiger partial charge in [-0.1, -0.05) is 6.92 Å². The predicted molar refractivity (Wildman–Crippen MR) is 111 cm³/mol. The lowest BCUT2D eigenvalue weighted by Crippen LogP contribution is -3.15. The maximum Gasteiger partial charge on any atom is 0.283 e. The maximum atomic E-state index is 12.8. The van der Waals surface area contributed by atoms with Crippen LogP contribution < -0.4 is 15.5 Å². The van der Waals surface area contributed by atoms with E-state index in [9.17, 15) is 9.59 Å². The quantitative estimate of drug-likeness (QED) is 0.496. The molecular weight excluding hydrogens is 386 g/mol. The Morgan fingerprint density at radius 3 is 2.40 bits per heavy atom. The average Bonchev–Trinajstić information content (AvgIpc) is 3.40. The first-order valence-electron chi connectivity index (χ1n) is 9.85. The molecule has 0 saturated carbocycles. The Bertz CT molecular complexity index is 966. The predicted octanol–water partition coefficient (Wildman–Crippen LogP) is 2.11. The highest BCUT2D eigenvalue weighted by Gasteiger charge is 2.27. The topological polar surface area (TPSA) is 115 Å². The molecule has 3 aromatic rings. The zero-order valence-electron chi connectivity index (χ0n) is 17.3. The van der Waals surface area contributed by atoms with E-state index >= 15 is 0 Å². The van der Waals surface area contributed by atoms with Gasteiger partial charge in [0, 0.05) is 18.3 Å². The van der Waals surface area contributed by atoms with Gasteiger partial charge >= 0.3 is 0 Å². The van der Waals surface area contributed by atoms with E-state index in [1.807, 2.05) is 6.92 Å². The number of rotatable bonds is 9. The van der Waals surface area contributed by atoms with Crippen molar-refractivity contribution in [3.63, 3.8) is 0 Å². The fourth-order valence-corrected chi connectivity index (χ4v) is 3.07. The van der Waals surface area contributed by atoms with Crippen LogP contribution >= 0.6 is 0 Å². The first-order chi connectivity index (χ1) is 14.5. The van der Waals surface area contributed by atoms with Crippen LogP contribution in [0.15, 0.2) is 51.5 Å². The number of hydrogen-bond donors (Lipinski definition) is 3. The van der Waals surface area contributed by atoms with Crippen molar-refractivity contribution in [1.82, 2.24) is 10.2 Å². The van der Waals surface area contributed by atoms with Crippen LogP contribution in [0.3, 0.4) is 0 Å². The highest BCUT2D eigenvalue weighted by molar-refractivity contribution is 5.94. The van der Waals surface area contributed by atoms with Crippen LogP contribution in [0, 0.1) is 0 Å². The molecule has 2 aromatic heterocycles. The highest BCUT2D eigenvalue weighted by atomic mass is 16.4. The van der Waals surface area contributed by atoms with E-state index in [0.717, 1.165) is 17.9 Å². The zero-order valence-corrected chi connectivity index (χ0v) is 17.3. The second-order valence-electron chi connectivity index (χ2n) is 7.03. The van der Waals surface area contributed by atoms with E-state index < -0.39 is 0 Å². The van der Waals surface area contributed by atoms with Crippen molar-refractivity contribution in [2.24, 2.45) is 0 Å². The molecule has 0 aliphatic rings. The Morgan fingerprint density at radius 2 is 1.80 bits per heavy atom. The van der Waals surface area contributed by atoms with Gasteiger partial charge in [0.25, 0.3) is 17.7 Å². The summed E-state index contributed by atoms with van der Waals surface area (Å²) in [5, 5.41) is 13.7. The number of quaternary nitrogens is 1. The van der Waals surface area contributed by atoms with Gasteiger partial charge in [-0.2, -0.15) is 0 Å². The van der Waals surface area contributed by atoms with Crippen LogP contribution in [0.4, 0.5) is 11.4 Å². The van der Waals surface area contributed by atoms with Crippen LogP contribution in [0.2, 0.25) is 0 Å². The molecule has 2 heterocycles. The van der Waals surface area contributed by atoms with Crippen molar-refractivity contribution in [3.8, 4) is 11.7 Å². The lowest BCUT2D eigenvalue weighted by atomic mass is 10.2. The number of benzene rings is 1. The molecule has 0 bridgehead atoms. The fraction of sp³-hybridized carbons (Fsp3) is 0.333. The molecule has 0 fully saturated rings. The third-order valence-electron chi connectivity index (χ3n) is 4.63. The number of hydrogen-bond acceptors (Lipinski definition) is 6. The summed E-state index contributed by atoms with van der Waals surface area (Å²) in [4.78, 5) is 24.9. The summed E-state index contributed by atoms with van der Waals surface area (Å²) in [5.74, 6) is 1.03. The highest BCUT2D eigenvalue weighted by Crippen LogP contribution is 2.17. The lowest BCUT2D eigenvalue weighted by molar-refractivity contribution is -0.928. The largest absolute Gasteiger partial charge is 0.459 e. The van der Waals surface area contributed by atoms with Gasteiger partial charge in [0.05, 0.1) is 12.8 Å². The van der Waals surface area contributed by atoms with Crippen LogP contribution in [0.5, 0.6) is 0 Å². The van der Waals surface area contributed by atoms with Crippen molar-refractivity contribution >= 4 is 23.2 Å². The minimum atomic E-state index is -0.334. The van der Waals surface area contributed by atoms with Gasteiger partial charge in [0.1, 0.15) is 0 Å². The van der Waals surface area contributed by atoms with Crippen LogP contribution in [-0.4, -0.2) is 34.6 Å². The molecule has 9 nitrogen and oxygen atoms in total. The van der Waals surface area contributed by atoms with E-state index in [-0.39, 0.29) is 17.9 Å². The number of nitrogens with one attached hydrogen (secondary N) is 3. The molecule has 158 valence electrons. The van der Waals surface area contributed by atoms with Gasteiger partial charge in [-0.3, -0.25) is 9.59 Å². The first kappa shape index (κ1) is 21.3. The summed E-state index contributed by atoms with van der Waals surface area (Å²) in [6, 6.07) is 10.2. The Hall–Kier alpha value is -3.46. The van der Waals surface area contributed by atoms with Crippen LogP contribution in [0.25, 0.3) is 11.7 Å². The molecule has 1 unspecified atom stereocenters. The van der Waals surface area contributed by atoms with Crippen molar-refractivity contribution < 1.29 is 23.3 Å². The van der Waals surface area contributed by atoms with Crippen molar-refractivity contribution in [1.29, 1.82) is 0 Å². The molecule has 0 aliphatic carbocycles. The number of carbonyl (C=O) groups is 2. The molecule has 2 amide bonds. The van der Waals surface area contributed by atoms with Gasteiger partial charge in [-0.15, -0.1) is 10.2 Å². The Kier molecular flexibility index (Phi) is 6.97. The minimum Gasteiger partial charge on any atom is -0.459 e. The summed E-state index contributed by atoms with van der Waals surface area (Å²) < 4.78 is 11.0. The number of nitrogens with zero attached hydrogens (tertiary/aromatic N) is 2. The molecule has 30 heavy (non-hydrogen) atoms. The Balaban J connectivity index is 1.63. The van der Waals surface area contributed by atoms with Gasteiger partial charge in [-0.25, -0.2) is 0 Å². The second-order valence-corrected chi connectivity index (χ2v) is 7.03. The van der Waals surface area contributed by atoms with E-state index in [4.69, 9.17) is 8.83 Å². The Labute approximate surface area is 174 Å². The second kappa shape index (κ2) is 9.84. The first-order valence-corrected chi connectivity index (χ1v) is 9.85. The van der Waals surface area contributed by atoms with Gasteiger partial charge < -0.3 is 24.4 Å². The number of furan rings is 1. The van der Waals surface area contributed by atoms with Crippen LogP contribution in [-0.2, 0) is 16.1 Å². The number of amides is 2. The summed E-state index contributed by atoms with van der Waals surface area (Å²) in [6.07, 6.45) is 2.44. The van der Waals surface area contributed by atoms with E-state index in [0.29, 0.717) is 35.5 Å². The molecule has 1 aromatic carbocycles. The molecule has 0 aliphatic heterocycles. The molecule has 3 N–H and O–H groups in total. The monoisotopic (exact) mass is 412 g/mol. The zero-order chi connectivity index (χ0) is 21.5. The van der Waals surface area contributed by atoms with E-state index in [1.165, 1.54) is 6.92 Å². The molecule has 0 radical (unpaired) electrons. The summed E-state index contributed by atoms with van der Waals surface area (Å²) >= 11 is 0. The molecule has 2 atom stereocenters. The normalized spacial score (nSPS) is 12.9. The fourth-order valence-electron chi connectivity index (χ4n) is 3.07. The van der Waals surface area contributed by atoms with Crippen molar-refractivity contribution in [2.45, 2.75) is 39.8 Å². The molecule has 3 rings (SSSR count). The van der Waals surface area contributed by atoms with Gasteiger partial charge in [0.2, 0.25) is 5.91 Å². The summed E-state index contributed by atoms with van der Waals surface area (Å²) in [6.45, 7) is 6.58. The standard InChI is InChI=1S/C21H25N5O4/c1-4-11-26(13-19-24-25-21(30-19)18-6-5-12-29-18)14(2)20(28)23-17-9-7-16(8-10-17)22-15(3)27/h5-10,12,14H,4,11,13H2,1-3H3,(H,22,27)(H,23,28)/p+1/t14-/m0/s1. The molecule has 0 saturated heterocycles. The van der Waals surface area contributed by atoms with Gasteiger partial charge in [0.15, 0.2) is 18.3 Å². The van der Waals surface area contributed by atoms with Crippen LogP contribution in [0.1, 0.15) is 33.1 Å². The maximum absolute atomic E-state index is 12.8. The molecular formula is C21H26N5O4+. The number of anilines is 2. The van der Waals surface area contributed by atoms with E-state index in [1.54, 1.807) is 42.7 Å². The number of carbonyl (C=O) groups excluding carboxylic acids is 2. The lowest BCUT2D eigenvalue weighted by Gasteiger charge is -2.23. The van der Waals surface area contributed by atoms with Crippen molar-refractivity contribution in [2.75, 3.05) is 17.2 Å². The van der Waals surface area contributed by atoms with Crippen molar-refractivity contribution in [3.05, 3.63) is 48.6 Å². The smallest absolute Gasteiger partial charge is 0.283 e. The number of aromatic nitrogens is 2. The third kappa shape index (κ3) is 5.54. The molecule has 0 spiro atoms. The SMILES string of the molecule is CCC[NH+](Cc1nnc(-c2ccco2)o1)[C@@H](C)C(=O)Nc1ccc(NC(C)=O)cc1. The molecule has 9 heteroatoms. The van der Waals surface area contributed by atoms with E-state index in [2.05, 4.69) is 27.8 Å². The summed E-state index contributed by atoms with van der Waals surface area (Å²) in [7, 11) is 0. The summed E-state index contributed by atoms with van der Waals surface area (Å²) in [5.41, 5.74) is 1.34. The minimum absolute atomic E-state index is 0.114. The average molecular weight is 412 g/mol. The van der Waals surface area contributed by atoms with Gasteiger partial charge in [-0.05, 0) is 49.7 Å². The Morgan fingerprint density at radius 1 is 1.10 bits per heavy atom.